The van der Waals surface area contributed by atoms with Crippen LogP contribution in [0.5, 0.6) is 0 Å². The fourth-order valence-electron chi connectivity index (χ4n) is 2.10. The first-order chi connectivity index (χ1) is 9.40. The summed E-state index contributed by atoms with van der Waals surface area (Å²) in [4.78, 5) is 4.58. The van der Waals surface area contributed by atoms with E-state index in [0.717, 1.165) is 24.1 Å². The highest BCUT2D eigenvalue weighted by molar-refractivity contribution is 9.10. The van der Waals surface area contributed by atoms with Crippen LogP contribution in [-0.4, -0.2) is 45.2 Å². The topological polar surface area (TPSA) is 18.5 Å². The molecular formula is C16H28BrN3. The van der Waals surface area contributed by atoms with Crippen molar-refractivity contribution in [3.63, 3.8) is 0 Å². The monoisotopic (exact) mass is 341 g/mol. The Labute approximate surface area is 132 Å². The average molecular weight is 342 g/mol. The number of nitrogens with one attached hydrogen (secondary N) is 1. The van der Waals surface area contributed by atoms with Gasteiger partial charge < -0.3 is 15.1 Å². The molecule has 0 saturated carbocycles. The maximum Gasteiger partial charge on any atom is 0.0420 e. The summed E-state index contributed by atoms with van der Waals surface area (Å²) in [7, 11) is 6.42. The summed E-state index contributed by atoms with van der Waals surface area (Å²) in [5, 5.41) is 3.50. The molecule has 0 heterocycles. The Morgan fingerprint density at radius 3 is 2.45 bits per heavy atom. The second-order valence-electron chi connectivity index (χ2n) is 5.89. The van der Waals surface area contributed by atoms with Gasteiger partial charge in [0.1, 0.15) is 0 Å². The number of anilines is 1. The second-order valence-corrected chi connectivity index (χ2v) is 6.80. The van der Waals surface area contributed by atoms with Crippen LogP contribution in [-0.2, 0) is 6.54 Å². The number of hydrogen-bond acceptors (Lipinski definition) is 3. The van der Waals surface area contributed by atoms with Crippen molar-refractivity contribution in [3.05, 3.63) is 28.2 Å². The normalized spacial score (nSPS) is 11.4. The van der Waals surface area contributed by atoms with Gasteiger partial charge in [-0.1, -0.05) is 35.8 Å². The molecule has 0 unspecified atom stereocenters. The minimum Gasteiger partial charge on any atom is -0.374 e. The standard InChI is InChI=1S/C16H28BrN3/c1-13(2)18-12-14-7-8-15(17)11-16(14)20(5)10-6-9-19(3)4/h7-8,11,13,18H,6,9-10,12H2,1-5H3. The minimum atomic E-state index is 0.505. The molecule has 1 aromatic carbocycles. The maximum absolute atomic E-state index is 3.58. The first-order valence-electron chi connectivity index (χ1n) is 7.28. The van der Waals surface area contributed by atoms with Crippen molar-refractivity contribution in [1.82, 2.24) is 10.2 Å². The first-order valence-corrected chi connectivity index (χ1v) is 8.07. The molecule has 1 N–H and O–H groups in total. The zero-order valence-electron chi connectivity index (χ0n) is 13.4. The SMILES string of the molecule is CC(C)NCc1ccc(Br)cc1N(C)CCCN(C)C. The van der Waals surface area contributed by atoms with Crippen LogP contribution >= 0.6 is 15.9 Å². The molecule has 0 aliphatic carbocycles. The molecule has 3 nitrogen and oxygen atoms in total. The van der Waals surface area contributed by atoms with Gasteiger partial charge in [-0.05, 0) is 44.8 Å². The summed E-state index contributed by atoms with van der Waals surface area (Å²) in [6.45, 7) is 7.47. The summed E-state index contributed by atoms with van der Waals surface area (Å²) in [5.74, 6) is 0. The number of halogens is 1. The average Bonchev–Trinajstić information content (AvgIpc) is 2.36. The molecule has 1 rings (SSSR count). The zero-order valence-corrected chi connectivity index (χ0v) is 15.0. The van der Waals surface area contributed by atoms with Gasteiger partial charge in [-0.15, -0.1) is 0 Å². The van der Waals surface area contributed by atoms with Crippen LogP contribution in [0.3, 0.4) is 0 Å². The van der Waals surface area contributed by atoms with Crippen LogP contribution in [0.4, 0.5) is 5.69 Å². The van der Waals surface area contributed by atoms with E-state index in [1.165, 1.54) is 17.7 Å². The highest BCUT2D eigenvalue weighted by atomic mass is 79.9. The number of nitrogens with zero attached hydrogens (tertiary/aromatic N) is 2. The van der Waals surface area contributed by atoms with Crippen molar-refractivity contribution in [2.24, 2.45) is 0 Å². The Balaban J connectivity index is 2.71. The van der Waals surface area contributed by atoms with E-state index in [1.807, 2.05) is 0 Å². The van der Waals surface area contributed by atoms with E-state index >= 15 is 0 Å². The zero-order chi connectivity index (χ0) is 15.1. The summed E-state index contributed by atoms with van der Waals surface area (Å²) in [5.41, 5.74) is 2.67. The third-order valence-electron chi connectivity index (χ3n) is 3.26. The lowest BCUT2D eigenvalue weighted by atomic mass is 10.1. The Hall–Kier alpha value is -0.580. The molecule has 0 atom stereocenters. The lowest BCUT2D eigenvalue weighted by Crippen LogP contribution is -2.26. The van der Waals surface area contributed by atoms with Gasteiger partial charge in [-0.2, -0.15) is 0 Å². The molecule has 20 heavy (non-hydrogen) atoms. The quantitative estimate of drug-likeness (QED) is 0.782. The van der Waals surface area contributed by atoms with E-state index < -0.39 is 0 Å². The van der Waals surface area contributed by atoms with Gasteiger partial charge in [0.15, 0.2) is 0 Å². The summed E-state index contributed by atoms with van der Waals surface area (Å²) in [6, 6.07) is 7.05. The molecule has 0 spiro atoms. The third-order valence-corrected chi connectivity index (χ3v) is 3.75. The first kappa shape index (κ1) is 17.5. The fourth-order valence-corrected chi connectivity index (χ4v) is 2.45. The summed E-state index contributed by atoms with van der Waals surface area (Å²) >= 11 is 3.58. The minimum absolute atomic E-state index is 0.505. The lowest BCUT2D eigenvalue weighted by Gasteiger charge is -2.24. The van der Waals surface area contributed by atoms with Gasteiger partial charge in [-0.25, -0.2) is 0 Å². The Kier molecular flexibility index (Phi) is 7.56. The van der Waals surface area contributed by atoms with Gasteiger partial charge in [-0.3, -0.25) is 0 Å². The molecular weight excluding hydrogens is 314 g/mol. The fraction of sp³-hybridized carbons (Fsp3) is 0.625. The molecule has 0 aromatic heterocycles. The number of rotatable bonds is 8. The Bertz CT molecular complexity index is 405. The third kappa shape index (κ3) is 6.25. The van der Waals surface area contributed by atoms with Gasteiger partial charge in [0, 0.05) is 36.3 Å². The van der Waals surface area contributed by atoms with E-state index in [4.69, 9.17) is 0 Å². The molecule has 0 saturated heterocycles. The van der Waals surface area contributed by atoms with E-state index in [0.29, 0.717) is 6.04 Å². The van der Waals surface area contributed by atoms with Crippen LogP contribution in [0.1, 0.15) is 25.8 Å². The molecule has 0 fully saturated rings. The summed E-state index contributed by atoms with van der Waals surface area (Å²) < 4.78 is 1.14. The molecule has 0 aliphatic heterocycles. The van der Waals surface area contributed by atoms with Gasteiger partial charge in [0.05, 0.1) is 0 Å². The van der Waals surface area contributed by atoms with Crippen molar-refractivity contribution >= 4 is 21.6 Å². The van der Waals surface area contributed by atoms with Crippen molar-refractivity contribution in [3.8, 4) is 0 Å². The summed E-state index contributed by atoms with van der Waals surface area (Å²) in [6.07, 6.45) is 1.17. The number of benzene rings is 1. The lowest BCUT2D eigenvalue weighted by molar-refractivity contribution is 0.401. The number of hydrogen-bond donors (Lipinski definition) is 1. The molecule has 0 aliphatic rings. The van der Waals surface area contributed by atoms with E-state index in [-0.39, 0.29) is 0 Å². The van der Waals surface area contributed by atoms with E-state index in [1.54, 1.807) is 0 Å². The van der Waals surface area contributed by atoms with Gasteiger partial charge in [0.25, 0.3) is 0 Å². The van der Waals surface area contributed by atoms with Gasteiger partial charge >= 0.3 is 0 Å². The largest absolute Gasteiger partial charge is 0.374 e. The predicted molar refractivity (Wildman–Crippen MR) is 92.6 cm³/mol. The Morgan fingerprint density at radius 1 is 1.15 bits per heavy atom. The molecule has 1 aromatic rings. The second kappa shape index (κ2) is 8.65. The smallest absolute Gasteiger partial charge is 0.0420 e. The highest BCUT2D eigenvalue weighted by Gasteiger charge is 2.09. The van der Waals surface area contributed by atoms with Crippen LogP contribution < -0.4 is 10.2 Å². The predicted octanol–water partition coefficient (Wildman–Crippen LogP) is 3.34. The Morgan fingerprint density at radius 2 is 1.85 bits per heavy atom. The molecule has 0 radical (unpaired) electrons. The highest BCUT2D eigenvalue weighted by Crippen LogP contribution is 2.24. The molecule has 0 amide bonds. The van der Waals surface area contributed by atoms with Crippen molar-refractivity contribution in [2.45, 2.75) is 32.9 Å². The maximum atomic E-state index is 3.58. The van der Waals surface area contributed by atoms with Crippen molar-refractivity contribution < 1.29 is 0 Å². The van der Waals surface area contributed by atoms with E-state index in [2.05, 4.69) is 84.2 Å². The van der Waals surface area contributed by atoms with Crippen molar-refractivity contribution in [1.29, 1.82) is 0 Å². The van der Waals surface area contributed by atoms with Crippen molar-refractivity contribution in [2.75, 3.05) is 39.1 Å². The van der Waals surface area contributed by atoms with Crippen LogP contribution in [0, 0.1) is 0 Å². The van der Waals surface area contributed by atoms with E-state index in [9.17, 15) is 0 Å². The molecule has 4 heteroatoms. The van der Waals surface area contributed by atoms with Crippen LogP contribution in [0.25, 0.3) is 0 Å². The van der Waals surface area contributed by atoms with Crippen LogP contribution in [0.15, 0.2) is 22.7 Å². The molecule has 114 valence electrons. The van der Waals surface area contributed by atoms with Gasteiger partial charge in [0.2, 0.25) is 0 Å². The van der Waals surface area contributed by atoms with Crippen LogP contribution in [0.2, 0.25) is 0 Å². The molecule has 0 bridgehead atoms.